The van der Waals surface area contributed by atoms with Crippen molar-refractivity contribution in [3.05, 3.63) is 19.9 Å². The van der Waals surface area contributed by atoms with Gasteiger partial charge in [0.25, 0.3) is 0 Å². The van der Waals surface area contributed by atoms with Crippen molar-refractivity contribution in [2.45, 2.75) is 6.42 Å². The van der Waals surface area contributed by atoms with Crippen LogP contribution >= 0.6 is 57.9 Å². The Balaban J connectivity index is 0.00000242. The molecule has 0 unspecified atom stereocenters. The van der Waals surface area contributed by atoms with Gasteiger partial charge in [0.05, 0.1) is 16.1 Å². The molecule has 1 saturated heterocycles. The Morgan fingerprint density at radius 2 is 2.05 bits per heavy atom. The highest BCUT2D eigenvalue weighted by atomic mass is 127. The summed E-state index contributed by atoms with van der Waals surface area (Å²) in [4.78, 5) is 8.09. The summed E-state index contributed by atoms with van der Waals surface area (Å²) in [6.45, 7) is 6.63. The molecule has 0 bridgehead atoms. The first-order valence-electron chi connectivity index (χ1n) is 7.27. The van der Waals surface area contributed by atoms with Gasteiger partial charge in [-0.05, 0) is 41.1 Å². The van der Waals surface area contributed by atoms with E-state index in [1.807, 2.05) is 18.4 Å². The summed E-state index contributed by atoms with van der Waals surface area (Å²) in [6, 6.07) is 4.36. The molecule has 126 valence electrons. The number of thiophene rings is 1. The maximum absolute atomic E-state index is 5.35. The molecule has 0 saturated carbocycles. The van der Waals surface area contributed by atoms with E-state index in [-0.39, 0.29) is 24.0 Å². The number of halogens is 2. The van der Waals surface area contributed by atoms with E-state index >= 15 is 0 Å². The van der Waals surface area contributed by atoms with Crippen molar-refractivity contribution >= 4 is 63.9 Å². The van der Waals surface area contributed by atoms with E-state index in [0.29, 0.717) is 0 Å². The van der Waals surface area contributed by atoms with E-state index in [2.05, 4.69) is 55.2 Å². The Kier molecular flexibility index (Phi) is 11.0. The molecule has 0 spiro atoms. The van der Waals surface area contributed by atoms with Crippen LogP contribution in [0.25, 0.3) is 0 Å². The summed E-state index contributed by atoms with van der Waals surface area (Å²) in [5, 5.41) is 6.73. The number of ether oxygens (including phenoxy) is 1. The topological polar surface area (TPSA) is 48.9 Å². The third kappa shape index (κ3) is 7.75. The normalized spacial score (nSPS) is 16.2. The molecule has 2 heterocycles. The Hall–Kier alpha value is 0.350. The van der Waals surface area contributed by atoms with Crippen LogP contribution in [0.3, 0.4) is 0 Å². The molecule has 1 aliphatic heterocycles. The number of morpholine rings is 1. The number of hydrogen-bond acceptors (Lipinski definition) is 4. The van der Waals surface area contributed by atoms with Gasteiger partial charge in [0.1, 0.15) is 0 Å². The molecule has 2 rings (SSSR count). The van der Waals surface area contributed by atoms with Gasteiger partial charge < -0.3 is 15.4 Å². The number of rotatable bonds is 6. The second-order valence-electron chi connectivity index (χ2n) is 4.84. The molecule has 0 aliphatic carbocycles. The highest BCUT2D eigenvalue weighted by Crippen LogP contribution is 2.18. The molecule has 0 amide bonds. The van der Waals surface area contributed by atoms with Crippen molar-refractivity contribution in [1.82, 2.24) is 15.5 Å². The fourth-order valence-electron chi connectivity index (χ4n) is 2.17. The van der Waals surface area contributed by atoms with Crippen LogP contribution in [0, 0.1) is 2.88 Å². The van der Waals surface area contributed by atoms with Gasteiger partial charge in [0.2, 0.25) is 0 Å². The van der Waals surface area contributed by atoms with E-state index < -0.39 is 0 Å². The van der Waals surface area contributed by atoms with Gasteiger partial charge in [-0.3, -0.25) is 9.89 Å². The summed E-state index contributed by atoms with van der Waals surface area (Å²) < 4.78 is 6.69. The van der Waals surface area contributed by atoms with Gasteiger partial charge in [-0.15, -0.1) is 35.3 Å². The monoisotopic (exact) mass is 550 g/mol. The molecule has 2 N–H and O–H groups in total. The highest BCUT2D eigenvalue weighted by molar-refractivity contribution is 14.1. The molecule has 8 heteroatoms. The average Bonchev–Trinajstić information content (AvgIpc) is 2.92. The molecule has 22 heavy (non-hydrogen) atoms. The highest BCUT2D eigenvalue weighted by Gasteiger charge is 2.09. The quantitative estimate of drug-likeness (QED) is 0.324. The van der Waals surface area contributed by atoms with Crippen LogP contribution in [0.2, 0.25) is 0 Å². The first kappa shape index (κ1) is 20.4. The molecule has 1 aromatic heterocycles. The smallest absolute Gasteiger partial charge is 0.191 e. The summed E-state index contributed by atoms with van der Waals surface area (Å²) in [7, 11) is 1.82. The lowest BCUT2D eigenvalue weighted by molar-refractivity contribution is 0.0389. The zero-order valence-corrected chi connectivity index (χ0v) is 18.1. The lowest BCUT2D eigenvalue weighted by atomic mass is 10.3. The van der Waals surface area contributed by atoms with Gasteiger partial charge in [0, 0.05) is 44.6 Å². The number of nitrogens with zero attached hydrogens (tertiary/aromatic N) is 2. The third-order valence-corrected chi connectivity index (χ3v) is 5.29. The van der Waals surface area contributed by atoms with Crippen molar-refractivity contribution < 1.29 is 4.74 Å². The summed E-state index contributed by atoms with van der Waals surface area (Å²) in [5.74, 6) is 0.884. The largest absolute Gasteiger partial charge is 0.379 e. The molecule has 0 atom stereocenters. The second-order valence-corrected chi connectivity index (χ2v) is 7.90. The van der Waals surface area contributed by atoms with Crippen molar-refractivity contribution in [1.29, 1.82) is 0 Å². The number of hydrogen-bond donors (Lipinski definition) is 2. The SMILES string of the molecule is CN=C(NCCc1ccc(I)s1)NCCN1CCOCC1.I. The van der Waals surface area contributed by atoms with E-state index in [1.54, 1.807) is 0 Å². The standard InChI is InChI=1S/C14H23IN4OS.HI/c1-16-14(17-5-4-12-2-3-13(15)21-12)18-6-7-19-8-10-20-11-9-19;/h2-3H,4-11H2,1H3,(H2,16,17,18);1H. The first-order chi connectivity index (χ1) is 10.3. The molecule has 1 aromatic rings. The van der Waals surface area contributed by atoms with Gasteiger partial charge in [-0.2, -0.15) is 0 Å². The summed E-state index contributed by atoms with van der Waals surface area (Å²) in [5.41, 5.74) is 0. The van der Waals surface area contributed by atoms with Crippen molar-refractivity contribution in [3.63, 3.8) is 0 Å². The predicted octanol–water partition coefficient (Wildman–Crippen LogP) is 2.01. The van der Waals surface area contributed by atoms with Crippen LogP contribution in [0.1, 0.15) is 4.88 Å². The summed E-state index contributed by atoms with van der Waals surface area (Å²) in [6.07, 6.45) is 1.04. The van der Waals surface area contributed by atoms with E-state index in [0.717, 1.165) is 58.3 Å². The van der Waals surface area contributed by atoms with E-state index in [4.69, 9.17) is 4.74 Å². The third-order valence-electron chi connectivity index (χ3n) is 3.34. The molecule has 1 aliphatic rings. The maximum atomic E-state index is 5.35. The Morgan fingerprint density at radius 1 is 1.32 bits per heavy atom. The number of aliphatic imine (C=N–C) groups is 1. The van der Waals surface area contributed by atoms with Crippen LogP contribution < -0.4 is 10.6 Å². The molecule has 5 nitrogen and oxygen atoms in total. The zero-order valence-electron chi connectivity index (χ0n) is 12.8. The minimum absolute atomic E-state index is 0. The molecule has 1 fully saturated rings. The zero-order chi connectivity index (χ0) is 14.9. The lowest BCUT2D eigenvalue weighted by Gasteiger charge is -2.26. The van der Waals surface area contributed by atoms with Gasteiger partial charge in [0.15, 0.2) is 5.96 Å². The lowest BCUT2D eigenvalue weighted by Crippen LogP contribution is -2.44. The number of guanidine groups is 1. The minimum Gasteiger partial charge on any atom is -0.379 e. The molecule has 0 aromatic carbocycles. The molecule has 0 radical (unpaired) electrons. The predicted molar refractivity (Wildman–Crippen MR) is 113 cm³/mol. The van der Waals surface area contributed by atoms with Crippen LogP contribution in [-0.2, 0) is 11.2 Å². The van der Waals surface area contributed by atoms with Gasteiger partial charge in [-0.25, -0.2) is 0 Å². The number of nitrogens with one attached hydrogen (secondary N) is 2. The van der Waals surface area contributed by atoms with Crippen LogP contribution in [0.15, 0.2) is 17.1 Å². The molecular formula is C14H24I2N4OS. The van der Waals surface area contributed by atoms with E-state index in [9.17, 15) is 0 Å². The Labute approximate surface area is 167 Å². The minimum atomic E-state index is 0. The second kappa shape index (κ2) is 11.8. The molecular weight excluding hydrogens is 526 g/mol. The van der Waals surface area contributed by atoms with Crippen molar-refractivity contribution in [2.75, 3.05) is 53.0 Å². The van der Waals surface area contributed by atoms with E-state index in [1.165, 1.54) is 7.76 Å². The van der Waals surface area contributed by atoms with Crippen molar-refractivity contribution in [2.24, 2.45) is 4.99 Å². The fourth-order valence-corrected chi connectivity index (χ4v) is 3.92. The average molecular weight is 550 g/mol. The first-order valence-corrected chi connectivity index (χ1v) is 9.16. The van der Waals surface area contributed by atoms with Crippen LogP contribution in [0.4, 0.5) is 0 Å². The summed E-state index contributed by atoms with van der Waals surface area (Å²) >= 11 is 4.21. The van der Waals surface area contributed by atoms with Crippen LogP contribution in [-0.4, -0.2) is 63.8 Å². The van der Waals surface area contributed by atoms with Gasteiger partial charge >= 0.3 is 0 Å². The fraction of sp³-hybridized carbons (Fsp3) is 0.643. The van der Waals surface area contributed by atoms with Crippen LogP contribution in [0.5, 0.6) is 0 Å². The van der Waals surface area contributed by atoms with Gasteiger partial charge in [-0.1, -0.05) is 0 Å². The maximum Gasteiger partial charge on any atom is 0.191 e. The van der Waals surface area contributed by atoms with Crippen molar-refractivity contribution in [3.8, 4) is 0 Å². The Bertz CT molecular complexity index is 450. The Morgan fingerprint density at radius 3 is 2.68 bits per heavy atom.